The summed E-state index contributed by atoms with van der Waals surface area (Å²) in [5.74, 6) is -0.934. The first-order valence-corrected chi connectivity index (χ1v) is 11.4. The fourth-order valence-corrected chi connectivity index (χ4v) is 3.69. The number of aliphatic carboxylic acids is 1. The maximum atomic E-state index is 11.5. The lowest BCUT2D eigenvalue weighted by atomic mass is 9.99. The van der Waals surface area contributed by atoms with E-state index in [9.17, 15) is 9.90 Å². The van der Waals surface area contributed by atoms with Crippen LogP contribution in [0.4, 0.5) is 0 Å². The Hall–Kier alpha value is -1.38. The predicted molar refractivity (Wildman–Crippen MR) is 113 cm³/mol. The zero-order valence-corrected chi connectivity index (χ0v) is 17.6. The minimum Gasteiger partial charge on any atom is -0.481 e. The van der Waals surface area contributed by atoms with E-state index in [2.05, 4.69) is 6.92 Å². The van der Waals surface area contributed by atoms with Gasteiger partial charge in [0.1, 0.15) is 5.92 Å². The summed E-state index contributed by atoms with van der Waals surface area (Å²) in [5, 5.41) is 9.43. The molecule has 1 atom stereocenters. The van der Waals surface area contributed by atoms with Gasteiger partial charge in [-0.3, -0.25) is 4.79 Å². The summed E-state index contributed by atoms with van der Waals surface area (Å²) in [5.41, 5.74) is 0. The van der Waals surface area contributed by atoms with Crippen molar-refractivity contribution in [2.45, 2.75) is 110 Å². The third-order valence-electron chi connectivity index (χ3n) is 5.46. The molecule has 0 aliphatic heterocycles. The maximum Gasteiger partial charge on any atom is 0.312 e. The molecule has 0 saturated carbocycles. The molecular weight excluding hydrogens is 334 g/mol. The van der Waals surface area contributed by atoms with Crippen molar-refractivity contribution < 1.29 is 14.5 Å². The Morgan fingerprint density at radius 1 is 0.741 bits per heavy atom. The lowest BCUT2D eigenvalue weighted by Crippen LogP contribution is -2.39. The molecule has 0 amide bonds. The second kappa shape index (κ2) is 16.8. The lowest BCUT2D eigenvalue weighted by Gasteiger charge is -2.09. The molecule has 154 valence electrons. The summed E-state index contributed by atoms with van der Waals surface area (Å²) in [6.45, 7) is 2.85. The van der Waals surface area contributed by atoms with Crippen LogP contribution in [-0.2, 0) is 11.3 Å². The van der Waals surface area contributed by atoms with Crippen LogP contribution in [0.5, 0.6) is 0 Å². The van der Waals surface area contributed by atoms with E-state index in [1.807, 2.05) is 35.2 Å². The lowest BCUT2D eigenvalue weighted by molar-refractivity contribution is -0.701. The summed E-state index contributed by atoms with van der Waals surface area (Å²) in [7, 11) is 0. The Morgan fingerprint density at radius 3 is 1.63 bits per heavy atom. The number of carbonyl (C=O) groups is 1. The summed E-state index contributed by atoms with van der Waals surface area (Å²) >= 11 is 0. The molecule has 3 heteroatoms. The molecular formula is C24H42NO2+. The molecule has 0 radical (unpaired) electrons. The first-order valence-electron chi connectivity index (χ1n) is 11.4. The van der Waals surface area contributed by atoms with Gasteiger partial charge in [-0.15, -0.1) is 0 Å². The van der Waals surface area contributed by atoms with Gasteiger partial charge in [-0.2, -0.15) is 0 Å². The standard InChI is InChI=1S/C24H41NO2/c1-2-3-4-5-6-7-8-9-10-11-12-13-14-16-19-23(24(26)27)22-25-20-17-15-18-21-25/h15,17-18,20-21,23H,2-14,16,19,22H2,1H3/p+1. The average Bonchev–Trinajstić information content (AvgIpc) is 2.68. The Kier molecular flexibility index (Phi) is 14.7. The molecule has 27 heavy (non-hydrogen) atoms. The van der Waals surface area contributed by atoms with Crippen molar-refractivity contribution in [3.8, 4) is 0 Å². The summed E-state index contributed by atoms with van der Waals surface area (Å²) in [6.07, 6.45) is 23.4. The van der Waals surface area contributed by atoms with Crippen molar-refractivity contribution >= 4 is 5.97 Å². The van der Waals surface area contributed by atoms with Gasteiger partial charge in [0.2, 0.25) is 0 Å². The van der Waals surface area contributed by atoms with E-state index >= 15 is 0 Å². The SMILES string of the molecule is CCCCCCCCCCCCCCCCC(C[n+]1ccccc1)C(=O)O. The van der Waals surface area contributed by atoms with Gasteiger partial charge >= 0.3 is 5.97 Å². The van der Waals surface area contributed by atoms with Crippen molar-refractivity contribution in [1.82, 2.24) is 0 Å². The van der Waals surface area contributed by atoms with Crippen molar-refractivity contribution in [3.63, 3.8) is 0 Å². The smallest absolute Gasteiger partial charge is 0.312 e. The first kappa shape index (κ1) is 23.7. The van der Waals surface area contributed by atoms with Crippen LogP contribution in [0, 0.1) is 5.92 Å². The molecule has 3 nitrogen and oxygen atoms in total. The van der Waals surface area contributed by atoms with Crippen LogP contribution in [0.25, 0.3) is 0 Å². The maximum absolute atomic E-state index is 11.5. The molecule has 0 aromatic carbocycles. The van der Waals surface area contributed by atoms with Crippen molar-refractivity contribution in [3.05, 3.63) is 30.6 Å². The Balaban J connectivity index is 1.93. The van der Waals surface area contributed by atoms with Gasteiger partial charge < -0.3 is 5.11 Å². The minimum atomic E-state index is -0.666. The Bertz CT molecular complexity index is 461. The number of hydrogen-bond acceptors (Lipinski definition) is 1. The van der Waals surface area contributed by atoms with Gasteiger partial charge in [0.15, 0.2) is 18.9 Å². The Labute approximate surface area is 167 Å². The normalized spacial score (nSPS) is 12.2. The average molecular weight is 377 g/mol. The quantitative estimate of drug-likeness (QED) is 0.233. The molecule has 1 N–H and O–H groups in total. The number of rotatable bonds is 18. The summed E-state index contributed by atoms with van der Waals surface area (Å²) < 4.78 is 1.97. The van der Waals surface area contributed by atoms with E-state index in [1.165, 1.54) is 83.5 Å². The van der Waals surface area contributed by atoms with E-state index in [0.717, 1.165) is 12.8 Å². The van der Waals surface area contributed by atoms with Crippen LogP contribution in [0.1, 0.15) is 103 Å². The number of carboxylic acids is 1. The van der Waals surface area contributed by atoms with Crippen molar-refractivity contribution in [2.24, 2.45) is 5.92 Å². The fraction of sp³-hybridized carbons (Fsp3) is 0.750. The van der Waals surface area contributed by atoms with E-state index in [-0.39, 0.29) is 5.92 Å². The molecule has 1 aromatic rings. The second-order valence-corrected chi connectivity index (χ2v) is 7.99. The molecule has 0 aliphatic carbocycles. The van der Waals surface area contributed by atoms with Gasteiger partial charge in [0, 0.05) is 12.1 Å². The minimum absolute atomic E-state index is 0.269. The number of carboxylic acid groups (broad SMARTS) is 1. The van der Waals surface area contributed by atoms with Crippen molar-refractivity contribution in [1.29, 1.82) is 0 Å². The van der Waals surface area contributed by atoms with Crippen LogP contribution >= 0.6 is 0 Å². The molecule has 0 fully saturated rings. The highest BCUT2D eigenvalue weighted by Gasteiger charge is 2.21. The molecule has 1 aromatic heterocycles. The Morgan fingerprint density at radius 2 is 1.19 bits per heavy atom. The largest absolute Gasteiger partial charge is 0.481 e. The molecule has 0 spiro atoms. The highest BCUT2D eigenvalue weighted by Crippen LogP contribution is 2.15. The molecule has 1 heterocycles. The number of hydrogen-bond donors (Lipinski definition) is 1. The van der Waals surface area contributed by atoms with Gasteiger partial charge in [0.05, 0.1) is 0 Å². The third kappa shape index (κ3) is 13.4. The highest BCUT2D eigenvalue weighted by molar-refractivity contribution is 5.69. The topological polar surface area (TPSA) is 41.2 Å². The molecule has 1 unspecified atom stereocenters. The van der Waals surface area contributed by atoms with E-state index < -0.39 is 5.97 Å². The van der Waals surface area contributed by atoms with Crippen LogP contribution < -0.4 is 4.57 Å². The molecule has 0 saturated heterocycles. The number of unbranched alkanes of at least 4 members (excludes halogenated alkanes) is 13. The van der Waals surface area contributed by atoms with Gasteiger partial charge in [-0.05, 0) is 6.42 Å². The van der Waals surface area contributed by atoms with E-state index in [0.29, 0.717) is 6.54 Å². The van der Waals surface area contributed by atoms with Crippen LogP contribution in [0.15, 0.2) is 30.6 Å². The first-order chi connectivity index (χ1) is 13.2. The van der Waals surface area contributed by atoms with E-state index in [1.54, 1.807) is 0 Å². The van der Waals surface area contributed by atoms with Crippen molar-refractivity contribution in [2.75, 3.05) is 0 Å². The number of nitrogens with zero attached hydrogens (tertiary/aromatic N) is 1. The van der Waals surface area contributed by atoms with Crippen LogP contribution in [0.2, 0.25) is 0 Å². The number of aromatic nitrogens is 1. The number of pyridine rings is 1. The third-order valence-corrected chi connectivity index (χ3v) is 5.46. The van der Waals surface area contributed by atoms with E-state index in [4.69, 9.17) is 0 Å². The fourth-order valence-electron chi connectivity index (χ4n) is 3.69. The second-order valence-electron chi connectivity index (χ2n) is 7.99. The molecule has 1 rings (SSSR count). The highest BCUT2D eigenvalue weighted by atomic mass is 16.4. The van der Waals surface area contributed by atoms with Gasteiger partial charge in [-0.25, -0.2) is 4.57 Å². The van der Waals surface area contributed by atoms with Crippen LogP contribution in [0.3, 0.4) is 0 Å². The predicted octanol–water partition coefficient (Wildman–Crippen LogP) is 6.55. The van der Waals surface area contributed by atoms with Gasteiger partial charge in [0.25, 0.3) is 0 Å². The summed E-state index contributed by atoms with van der Waals surface area (Å²) in [6, 6.07) is 5.86. The van der Waals surface area contributed by atoms with Crippen LogP contribution in [-0.4, -0.2) is 11.1 Å². The molecule has 0 bridgehead atoms. The zero-order valence-electron chi connectivity index (χ0n) is 17.6. The molecule has 0 aliphatic rings. The monoisotopic (exact) mass is 376 g/mol. The summed E-state index contributed by atoms with van der Waals surface area (Å²) in [4.78, 5) is 11.5. The van der Waals surface area contributed by atoms with Gasteiger partial charge in [-0.1, -0.05) is 103 Å². The zero-order chi connectivity index (χ0) is 19.6.